The molecule has 0 bridgehead atoms. The van der Waals surface area contributed by atoms with Gasteiger partial charge in [-0.25, -0.2) is 4.79 Å². The molecule has 0 aliphatic rings. The van der Waals surface area contributed by atoms with Crippen LogP contribution in [0.15, 0.2) is 24.3 Å². The fourth-order valence-electron chi connectivity index (χ4n) is 0.269. The second-order valence-corrected chi connectivity index (χ2v) is 1.73. The van der Waals surface area contributed by atoms with E-state index in [0.717, 1.165) is 12.2 Å². The minimum atomic E-state index is -1.06. The predicted octanol–water partition coefficient (Wildman–Crippen LogP) is 0.949. The van der Waals surface area contributed by atoms with E-state index < -0.39 is 11.2 Å². The fraction of sp³-hybridized carbons (Fsp3) is 0. The van der Waals surface area contributed by atoms with E-state index in [2.05, 4.69) is 0 Å². The molecule has 54 valence electrons. The van der Waals surface area contributed by atoms with E-state index in [0.29, 0.717) is 0 Å². The van der Waals surface area contributed by atoms with E-state index in [-0.39, 0.29) is 0 Å². The third kappa shape index (κ3) is 6.91. The Morgan fingerprint density at radius 2 is 1.70 bits per heavy atom. The Labute approximate surface area is 62.6 Å². The van der Waals surface area contributed by atoms with Gasteiger partial charge in [0.2, 0.25) is 5.24 Å². The number of carboxylic acid groups (broad SMARTS) is 1. The number of carbonyl (C=O) groups excluding carboxylic acids is 1. The average Bonchev–Trinajstić information content (AvgIpc) is 1.79. The highest BCUT2D eigenvalue weighted by Crippen LogP contribution is 1.83. The Kier molecular flexibility index (Phi) is 4.24. The van der Waals surface area contributed by atoms with E-state index in [1.807, 2.05) is 0 Å². The Hall–Kier alpha value is -1.09. The predicted molar refractivity (Wildman–Crippen MR) is 36.8 cm³/mol. The second kappa shape index (κ2) is 4.76. The van der Waals surface area contributed by atoms with Gasteiger partial charge in [0.25, 0.3) is 0 Å². The van der Waals surface area contributed by atoms with Gasteiger partial charge in [-0.15, -0.1) is 0 Å². The van der Waals surface area contributed by atoms with Gasteiger partial charge in [0.05, 0.1) is 0 Å². The van der Waals surface area contributed by atoms with Crippen LogP contribution in [0.2, 0.25) is 0 Å². The van der Waals surface area contributed by atoms with Crippen molar-refractivity contribution in [3.8, 4) is 0 Å². The van der Waals surface area contributed by atoms with E-state index in [4.69, 9.17) is 16.7 Å². The monoisotopic (exact) mass is 160 g/mol. The Balaban J connectivity index is 3.73. The van der Waals surface area contributed by atoms with Crippen molar-refractivity contribution < 1.29 is 14.7 Å². The molecular weight excluding hydrogens is 156 g/mol. The van der Waals surface area contributed by atoms with Gasteiger partial charge in [0.1, 0.15) is 0 Å². The zero-order valence-corrected chi connectivity index (χ0v) is 5.71. The lowest BCUT2D eigenvalue weighted by molar-refractivity contribution is -0.131. The molecule has 0 unspecified atom stereocenters. The van der Waals surface area contributed by atoms with Crippen molar-refractivity contribution in [2.75, 3.05) is 0 Å². The zero-order valence-electron chi connectivity index (χ0n) is 4.95. The Bertz CT molecular complexity index is 171. The SMILES string of the molecule is O=C(O)/C=C\C=C\C(=O)Cl. The molecule has 3 nitrogen and oxygen atoms in total. The molecule has 0 aromatic rings. The maximum Gasteiger partial charge on any atom is 0.328 e. The summed E-state index contributed by atoms with van der Waals surface area (Å²) in [7, 11) is 0. The summed E-state index contributed by atoms with van der Waals surface area (Å²) >= 11 is 4.89. The van der Waals surface area contributed by atoms with Gasteiger partial charge in [-0.1, -0.05) is 12.2 Å². The van der Waals surface area contributed by atoms with Crippen LogP contribution in [0.5, 0.6) is 0 Å². The van der Waals surface area contributed by atoms with E-state index >= 15 is 0 Å². The van der Waals surface area contributed by atoms with Crippen LogP contribution in [0.3, 0.4) is 0 Å². The molecule has 0 aliphatic carbocycles. The van der Waals surface area contributed by atoms with Crippen LogP contribution in [0.4, 0.5) is 0 Å². The van der Waals surface area contributed by atoms with Crippen molar-refractivity contribution in [3.63, 3.8) is 0 Å². The topological polar surface area (TPSA) is 54.4 Å². The molecule has 0 fully saturated rings. The molecule has 4 heteroatoms. The van der Waals surface area contributed by atoms with Crippen molar-refractivity contribution in [2.24, 2.45) is 0 Å². The maximum atomic E-state index is 9.99. The van der Waals surface area contributed by atoms with Gasteiger partial charge in [-0.3, -0.25) is 4.79 Å². The summed E-state index contributed by atoms with van der Waals surface area (Å²) in [6.45, 7) is 0. The number of halogens is 1. The molecule has 1 N–H and O–H groups in total. The van der Waals surface area contributed by atoms with Crippen LogP contribution in [0.1, 0.15) is 0 Å². The third-order valence-corrected chi connectivity index (χ3v) is 0.703. The Morgan fingerprint density at radius 1 is 1.20 bits per heavy atom. The molecule has 0 aromatic heterocycles. The highest BCUT2D eigenvalue weighted by molar-refractivity contribution is 6.66. The van der Waals surface area contributed by atoms with Crippen LogP contribution in [0.25, 0.3) is 0 Å². The first-order valence-corrected chi connectivity index (χ1v) is 2.78. The van der Waals surface area contributed by atoms with Crippen LogP contribution < -0.4 is 0 Å². The van der Waals surface area contributed by atoms with Gasteiger partial charge in [0.15, 0.2) is 0 Å². The van der Waals surface area contributed by atoms with Gasteiger partial charge >= 0.3 is 5.97 Å². The number of carbonyl (C=O) groups is 2. The lowest BCUT2D eigenvalue weighted by Crippen LogP contribution is -1.84. The highest BCUT2D eigenvalue weighted by atomic mass is 35.5. The lowest BCUT2D eigenvalue weighted by Gasteiger charge is -1.74. The first-order chi connectivity index (χ1) is 4.63. The molecule has 0 radical (unpaired) electrons. The van der Waals surface area contributed by atoms with E-state index in [1.165, 1.54) is 12.2 Å². The minimum Gasteiger partial charge on any atom is -0.478 e. The van der Waals surface area contributed by atoms with Gasteiger partial charge in [0, 0.05) is 6.08 Å². The molecule has 0 heterocycles. The van der Waals surface area contributed by atoms with E-state index in [1.54, 1.807) is 0 Å². The fourth-order valence-corrected chi connectivity index (χ4v) is 0.342. The van der Waals surface area contributed by atoms with Crippen LogP contribution in [0, 0.1) is 0 Å². The first-order valence-electron chi connectivity index (χ1n) is 2.40. The molecule has 0 atom stereocenters. The minimum absolute atomic E-state index is 0.630. The smallest absolute Gasteiger partial charge is 0.328 e. The average molecular weight is 161 g/mol. The summed E-state index contributed by atoms with van der Waals surface area (Å²) in [6, 6.07) is 0. The summed E-state index contributed by atoms with van der Waals surface area (Å²) in [6.07, 6.45) is 4.42. The summed E-state index contributed by atoms with van der Waals surface area (Å²) in [5.41, 5.74) is 0. The van der Waals surface area contributed by atoms with Crippen LogP contribution in [-0.2, 0) is 9.59 Å². The van der Waals surface area contributed by atoms with E-state index in [9.17, 15) is 9.59 Å². The number of aliphatic carboxylic acids is 1. The molecule has 0 saturated heterocycles. The Morgan fingerprint density at radius 3 is 2.10 bits per heavy atom. The van der Waals surface area contributed by atoms with Crippen molar-refractivity contribution in [1.29, 1.82) is 0 Å². The number of carboxylic acids is 1. The standard InChI is InChI=1S/C6H5ClO3/c7-5(8)3-1-2-4-6(9)10/h1-4H,(H,9,10)/b3-1+,4-2-. The highest BCUT2D eigenvalue weighted by Gasteiger charge is 1.83. The third-order valence-electron chi connectivity index (χ3n) is 0.577. The lowest BCUT2D eigenvalue weighted by atomic mass is 10.4. The van der Waals surface area contributed by atoms with Crippen molar-refractivity contribution >= 4 is 22.8 Å². The molecular formula is C6H5ClO3. The van der Waals surface area contributed by atoms with Crippen LogP contribution >= 0.6 is 11.6 Å². The molecule has 0 spiro atoms. The quantitative estimate of drug-likeness (QED) is 0.380. The number of allylic oxidation sites excluding steroid dienone is 3. The van der Waals surface area contributed by atoms with Gasteiger partial charge < -0.3 is 5.11 Å². The summed E-state index contributed by atoms with van der Waals surface area (Å²) < 4.78 is 0. The number of hydrogen-bond donors (Lipinski definition) is 1. The maximum absolute atomic E-state index is 9.99. The molecule has 0 rings (SSSR count). The molecule has 10 heavy (non-hydrogen) atoms. The van der Waals surface area contributed by atoms with Crippen LogP contribution in [-0.4, -0.2) is 16.3 Å². The number of rotatable bonds is 3. The van der Waals surface area contributed by atoms with Gasteiger partial charge in [-0.2, -0.15) is 0 Å². The van der Waals surface area contributed by atoms with Crippen molar-refractivity contribution in [1.82, 2.24) is 0 Å². The number of hydrogen-bond acceptors (Lipinski definition) is 2. The second-order valence-electron chi connectivity index (χ2n) is 1.36. The molecule has 0 aromatic carbocycles. The largest absolute Gasteiger partial charge is 0.478 e. The first kappa shape index (κ1) is 8.91. The van der Waals surface area contributed by atoms with Crippen molar-refractivity contribution in [3.05, 3.63) is 24.3 Å². The van der Waals surface area contributed by atoms with Gasteiger partial charge in [-0.05, 0) is 17.7 Å². The molecule has 0 aliphatic heterocycles. The normalized spacial score (nSPS) is 10.9. The zero-order chi connectivity index (χ0) is 7.98. The molecule has 0 saturated carbocycles. The van der Waals surface area contributed by atoms with Crippen molar-refractivity contribution in [2.45, 2.75) is 0 Å². The molecule has 0 amide bonds. The summed E-state index contributed by atoms with van der Waals surface area (Å²) in [4.78, 5) is 19.8. The summed E-state index contributed by atoms with van der Waals surface area (Å²) in [5, 5.41) is 7.41. The summed E-state index contributed by atoms with van der Waals surface area (Å²) in [5.74, 6) is -1.06.